The topological polar surface area (TPSA) is 60.5 Å². The minimum absolute atomic E-state index is 0.00561. The van der Waals surface area contributed by atoms with Gasteiger partial charge in [0.2, 0.25) is 0 Å². The molecule has 0 bridgehead atoms. The Balaban J connectivity index is 1.56. The van der Waals surface area contributed by atoms with Crippen molar-refractivity contribution in [2.24, 2.45) is 0 Å². The van der Waals surface area contributed by atoms with Crippen LogP contribution in [0.4, 0.5) is 14.5 Å². The zero-order valence-corrected chi connectivity index (χ0v) is 16.4. The third-order valence-corrected chi connectivity index (χ3v) is 5.63. The Hall–Kier alpha value is -2.42. The van der Waals surface area contributed by atoms with Crippen LogP contribution in [0.5, 0.6) is 11.5 Å². The average Bonchev–Trinajstić information content (AvgIpc) is 3.12. The summed E-state index contributed by atoms with van der Waals surface area (Å²) in [5.74, 6) is -0.519. The van der Waals surface area contributed by atoms with Gasteiger partial charge >= 0.3 is 6.29 Å². The van der Waals surface area contributed by atoms with Crippen molar-refractivity contribution in [1.82, 2.24) is 4.37 Å². The molecule has 0 saturated heterocycles. The van der Waals surface area contributed by atoms with Gasteiger partial charge in [-0.1, -0.05) is 35.3 Å². The van der Waals surface area contributed by atoms with E-state index in [1.54, 1.807) is 31.2 Å². The molecular formula is C18H10Cl2F2N2O3S. The lowest BCUT2D eigenvalue weighted by Gasteiger charge is -2.09. The van der Waals surface area contributed by atoms with Gasteiger partial charge in [-0.3, -0.25) is 4.79 Å². The van der Waals surface area contributed by atoms with Gasteiger partial charge in [0.05, 0.1) is 0 Å². The van der Waals surface area contributed by atoms with Crippen molar-refractivity contribution in [3.05, 3.63) is 57.0 Å². The summed E-state index contributed by atoms with van der Waals surface area (Å²) in [5.41, 5.74) is 2.76. The van der Waals surface area contributed by atoms with Crippen LogP contribution in [0, 0.1) is 6.92 Å². The monoisotopic (exact) mass is 442 g/mol. The van der Waals surface area contributed by atoms with E-state index >= 15 is 0 Å². The number of halogens is 4. The molecule has 1 N–H and O–H groups in total. The van der Waals surface area contributed by atoms with Crippen molar-refractivity contribution in [2.45, 2.75) is 13.2 Å². The predicted octanol–water partition coefficient (Wildman–Crippen LogP) is 6.00. The van der Waals surface area contributed by atoms with Gasteiger partial charge in [0.1, 0.15) is 9.36 Å². The SMILES string of the molecule is Cc1cc2c(cc1-c1ccc(NC(=O)c3nsc(Cl)c3Cl)cc1)OC(F)(F)O2. The van der Waals surface area contributed by atoms with Crippen LogP contribution in [0.2, 0.25) is 9.36 Å². The number of benzene rings is 2. The smallest absolute Gasteiger partial charge is 0.395 e. The maximum absolute atomic E-state index is 13.2. The number of amides is 1. The van der Waals surface area contributed by atoms with E-state index in [1.165, 1.54) is 12.1 Å². The molecule has 28 heavy (non-hydrogen) atoms. The van der Waals surface area contributed by atoms with Crippen LogP contribution in [-0.2, 0) is 0 Å². The van der Waals surface area contributed by atoms with Crippen LogP contribution in [0.3, 0.4) is 0 Å². The first-order chi connectivity index (χ1) is 13.2. The zero-order chi connectivity index (χ0) is 20.1. The molecule has 1 amide bonds. The first kappa shape index (κ1) is 18.9. The van der Waals surface area contributed by atoms with Gasteiger partial charge in [-0.25, -0.2) is 0 Å². The van der Waals surface area contributed by atoms with Crippen LogP contribution >= 0.6 is 34.7 Å². The number of rotatable bonds is 3. The second-order valence-corrected chi connectivity index (χ2v) is 7.69. The second kappa shape index (κ2) is 6.88. The third kappa shape index (κ3) is 3.50. The molecule has 4 rings (SSSR count). The predicted molar refractivity (Wildman–Crippen MR) is 103 cm³/mol. The highest BCUT2D eigenvalue weighted by Crippen LogP contribution is 2.44. The summed E-state index contributed by atoms with van der Waals surface area (Å²) in [4.78, 5) is 12.2. The van der Waals surface area contributed by atoms with Gasteiger partial charge in [-0.05, 0) is 59.4 Å². The van der Waals surface area contributed by atoms with Crippen molar-refractivity contribution in [2.75, 3.05) is 5.32 Å². The molecule has 2 heterocycles. The maximum atomic E-state index is 13.2. The van der Waals surface area contributed by atoms with E-state index in [2.05, 4.69) is 19.2 Å². The molecule has 0 saturated carbocycles. The van der Waals surface area contributed by atoms with Crippen molar-refractivity contribution in [1.29, 1.82) is 0 Å². The molecule has 5 nitrogen and oxygen atoms in total. The van der Waals surface area contributed by atoms with Crippen molar-refractivity contribution in [3.63, 3.8) is 0 Å². The molecular weight excluding hydrogens is 433 g/mol. The molecule has 0 radical (unpaired) electrons. The maximum Gasteiger partial charge on any atom is 0.586 e. The number of anilines is 1. The molecule has 0 unspecified atom stereocenters. The number of aromatic nitrogens is 1. The highest BCUT2D eigenvalue weighted by Gasteiger charge is 2.43. The Morgan fingerprint density at radius 2 is 1.79 bits per heavy atom. The molecule has 1 aliphatic rings. The van der Waals surface area contributed by atoms with E-state index in [4.69, 9.17) is 23.2 Å². The normalized spacial score (nSPS) is 14.2. The molecule has 0 spiro atoms. The summed E-state index contributed by atoms with van der Waals surface area (Å²) in [5, 5.41) is 2.78. The van der Waals surface area contributed by atoms with Gasteiger partial charge in [-0.2, -0.15) is 4.37 Å². The summed E-state index contributed by atoms with van der Waals surface area (Å²) in [6, 6.07) is 9.83. The molecule has 2 aromatic carbocycles. The number of aryl methyl sites for hydroxylation is 1. The van der Waals surface area contributed by atoms with E-state index < -0.39 is 12.2 Å². The van der Waals surface area contributed by atoms with Gasteiger partial charge in [0.25, 0.3) is 5.91 Å². The number of carbonyl (C=O) groups is 1. The van der Waals surface area contributed by atoms with Crippen molar-refractivity contribution >= 4 is 46.3 Å². The number of hydrogen-bond donors (Lipinski definition) is 1. The summed E-state index contributed by atoms with van der Waals surface area (Å²) in [6.07, 6.45) is -3.67. The Morgan fingerprint density at radius 3 is 2.39 bits per heavy atom. The molecule has 1 aliphatic heterocycles. The Morgan fingerprint density at radius 1 is 1.14 bits per heavy atom. The van der Waals surface area contributed by atoms with Gasteiger partial charge in [0, 0.05) is 5.69 Å². The lowest BCUT2D eigenvalue weighted by Crippen LogP contribution is -2.25. The van der Waals surface area contributed by atoms with Crippen LogP contribution in [0.25, 0.3) is 11.1 Å². The lowest BCUT2D eigenvalue weighted by molar-refractivity contribution is -0.286. The molecule has 0 atom stereocenters. The molecule has 0 fully saturated rings. The quantitative estimate of drug-likeness (QED) is 0.540. The lowest BCUT2D eigenvalue weighted by atomic mass is 9.99. The number of ether oxygens (including phenoxy) is 2. The minimum Gasteiger partial charge on any atom is -0.395 e. The zero-order valence-electron chi connectivity index (χ0n) is 14.1. The van der Waals surface area contributed by atoms with Crippen LogP contribution < -0.4 is 14.8 Å². The fraction of sp³-hybridized carbons (Fsp3) is 0.111. The summed E-state index contributed by atoms with van der Waals surface area (Å²) in [7, 11) is 0. The summed E-state index contributed by atoms with van der Waals surface area (Å²) >= 11 is 12.7. The number of nitrogens with zero attached hydrogens (tertiary/aromatic N) is 1. The molecule has 144 valence electrons. The highest BCUT2D eigenvalue weighted by molar-refractivity contribution is 7.11. The Labute approximate surface area is 172 Å². The van der Waals surface area contributed by atoms with Crippen LogP contribution in [0.1, 0.15) is 16.1 Å². The standard InChI is InChI=1S/C18H10Cl2F2N2O3S/c1-8-6-12-13(27-18(21,22)26-12)7-11(8)9-2-4-10(5-3-9)23-17(25)15-14(19)16(20)28-24-15/h2-7H,1H3,(H,23,25). The van der Waals surface area contributed by atoms with E-state index in [1.807, 2.05) is 0 Å². The summed E-state index contributed by atoms with van der Waals surface area (Å²) in [6.45, 7) is 1.78. The van der Waals surface area contributed by atoms with E-state index in [-0.39, 0.29) is 26.6 Å². The molecule has 10 heteroatoms. The van der Waals surface area contributed by atoms with Gasteiger partial charge < -0.3 is 14.8 Å². The average molecular weight is 443 g/mol. The minimum atomic E-state index is -3.67. The van der Waals surface area contributed by atoms with Crippen LogP contribution in [0.15, 0.2) is 36.4 Å². The third-order valence-electron chi connectivity index (χ3n) is 4.01. The van der Waals surface area contributed by atoms with Gasteiger partial charge in [0.15, 0.2) is 17.2 Å². The first-order valence-electron chi connectivity index (χ1n) is 7.86. The molecule has 1 aromatic heterocycles. The Kier molecular flexibility index (Phi) is 4.65. The molecule has 3 aromatic rings. The summed E-state index contributed by atoms with van der Waals surface area (Å²) < 4.78 is 39.6. The number of alkyl halides is 2. The van der Waals surface area contributed by atoms with Gasteiger partial charge in [-0.15, -0.1) is 8.78 Å². The van der Waals surface area contributed by atoms with E-state index in [0.29, 0.717) is 11.3 Å². The number of fused-ring (bicyclic) bond motifs is 1. The van der Waals surface area contributed by atoms with Crippen molar-refractivity contribution < 1.29 is 23.0 Å². The molecule has 0 aliphatic carbocycles. The van der Waals surface area contributed by atoms with E-state index in [0.717, 1.165) is 22.7 Å². The number of carbonyl (C=O) groups excluding carboxylic acids is 1. The fourth-order valence-corrected chi connectivity index (χ4v) is 3.73. The van der Waals surface area contributed by atoms with Crippen molar-refractivity contribution in [3.8, 4) is 22.6 Å². The number of nitrogens with one attached hydrogen (secondary N) is 1. The highest BCUT2D eigenvalue weighted by atomic mass is 35.5. The second-order valence-electron chi connectivity index (χ2n) is 5.93. The van der Waals surface area contributed by atoms with E-state index in [9.17, 15) is 13.6 Å². The first-order valence-corrected chi connectivity index (χ1v) is 9.39. The fourth-order valence-electron chi connectivity index (χ4n) is 2.73. The number of hydrogen-bond acceptors (Lipinski definition) is 5. The largest absolute Gasteiger partial charge is 0.586 e. The Bertz CT molecular complexity index is 1090. The van der Waals surface area contributed by atoms with Crippen LogP contribution in [-0.4, -0.2) is 16.6 Å².